The lowest BCUT2D eigenvalue weighted by atomic mass is 10.3. The highest BCUT2D eigenvalue weighted by atomic mass is 79.9. The number of aromatic nitrogens is 3. The van der Waals surface area contributed by atoms with Gasteiger partial charge in [0.1, 0.15) is 22.5 Å². The van der Waals surface area contributed by atoms with Gasteiger partial charge in [0, 0.05) is 16.7 Å². The Bertz CT molecular complexity index is 814. The first-order chi connectivity index (χ1) is 10.6. The summed E-state index contributed by atoms with van der Waals surface area (Å²) >= 11 is 9.22. The average molecular weight is 380 g/mol. The maximum atomic E-state index is 13.9. The molecule has 0 radical (unpaired) electrons. The van der Waals surface area contributed by atoms with Gasteiger partial charge in [-0.05, 0) is 30.3 Å². The largest absolute Gasteiger partial charge is 0.338 e. The van der Waals surface area contributed by atoms with E-state index in [-0.39, 0.29) is 5.15 Å². The molecule has 3 aromatic rings. The molecule has 0 aliphatic rings. The summed E-state index contributed by atoms with van der Waals surface area (Å²) in [6, 6.07) is 11.6. The highest BCUT2D eigenvalue weighted by Crippen LogP contribution is 2.25. The Labute approximate surface area is 139 Å². The highest BCUT2D eigenvalue weighted by molar-refractivity contribution is 9.10. The highest BCUT2D eigenvalue weighted by Gasteiger charge is 2.09. The van der Waals surface area contributed by atoms with E-state index in [1.54, 1.807) is 30.5 Å². The van der Waals surface area contributed by atoms with Gasteiger partial charge in [-0.3, -0.25) is 4.98 Å². The lowest BCUT2D eigenvalue weighted by Gasteiger charge is -2.09. The monoisotopic (exact) mass is 378 g/mol. The van der Waals surface area contributed by atoms with Gasteiger partial charge in [-0.2, -0.15) is 0 Å². The molecular formula is C15H9BrClFN4. The van der Waals surface area contributed by atoms with E-state index in [0.717, 1.165) is 0 Å². The second kappa shape index (κ2) is 6.37. The van der Waals surface area contributed by atoms with E-state index in [4.69, 9.17) is 11.6 Å². The van der Waals surface area contributed by atoms with Crippen molar-refractivity contribution >= 4 is 39.0 Å². The molecule has 0 atom stereocenters. The summed E-state index contributed by atoms with van der Waals surface area (Å²) < 4.78 is 14.5. The molecule has 0 saturated carbocycles. The van der Waals surface area contributed by atoms with Crippen LogP contribution in [-0.2, 0) is 0 Å². The van der Waals surface area contributed by atoms with E-state index in [1.165, 1.54) is 12.1 Å². The Morgan fingerprint density at radius 1 is 1.09 bits per heavy atom. The molecule has 110 valence electrons. The van der Waals surface area contributed by atoms with Crippen LogP contribution in [0.5, 0.6) is 0 Å². The van der Waals surface area contributed by atoms with Crippen LogP contribution in [0.15, 0.2) is 53.1 Å². The Morgan fingerprint density at radius 2 is 1.95 bits per heavy atom. The lowest BCUT2D eigenvalue weighted by molar-refractivity contribution is 0.631. The first-order valence-corrected chi connectivity index (χ1v) is 7.47. The van der Waals surface area contributed by atoms with Crippen molar-refractivity contribution in [3.63, 3.8) is 0 Å². The summed E-state index contributed by atoms with van der Waals surface area (Å²) in [5, 5.41) is 3.14. The number of hydrogen-bond donors (Lipinski definition) is 1. The van der Waals surface area contributed by atoms with Gasteiger partial charge in [-0.25, -0.2) is 14.4 Å². The number of rotatable bonds is 3. The molecule has 0 fully saturated rings. The Balaban J connectivity index is 1.96. The second-order valence-corrected chi connectivity index (χ2v) is 5.67. The van der Waals surface area contributed by atoms with Crippen LogP contribution >= 0.6 is 27.5 Å². The maximum absolute atomic E-state index is 13.9. The maximum Gasteiger partial charge on any atom is 0.181 e. The zero-order valence-electron chi connectivity index (χ0n) is 11.1. The molecule has 0 aliphatic carbocycles. The van der Waals surface area contributed by atoms with Crippen molar-refractivity contribution in [1.82, 2.24) is 15.0 Å². The molecule has 4 nitrogen and oxygen atoms in total. The minimum Gasteiger partial charge on any atom is -0.338 e. The average Bonchev–Trinajstić information content (AvgIpc) is 2.50. The van der Waals surface area contributed by atoms with E-state index < -0.39 is 5.82 Å². The standard InChI is InChI=1S/C15H9BrClFN4/c16-9-4-5-11(10(18)7-9)20-14-8-13(17)21-15(22-14)12-3-1-2-6-19-12/h1-8H,(H,20,21,22). The number of nitrogens with zero attached hydrogens (tertiary/aromatic N) is 3. The van der Waals surface area contributed by atoms with E-state index >= 15 is 0 Å². The second-order valence-electron chi connectivity index (χ2n) is 4.36. The van der Waals surface area contributed by atoms with Gasteiger partial charge in [-0.1, -0.05) is 33.6 Å². The normalized spacial score (nSPS) is 10.5. The minimum absolute atomic E-state index is 0.246. The molecule has 2 aromatic heterocycles. The molecule has 0 amide bonds. The summed E-state index contributed by atoms with van der Waals surface area (Å²) in [6.45, 7) is 0. The van der Waals surface area contributed by atoms with E-state index in [9.17, 15) is 4.39 Å². The number of hydrogen-bond acceptors (Lipinski definition) is 4. The molecule has 2 heterocycles. The molecular weight excluding hydrogens is 371 g/mol. The molecule has 0 spiro atoms. The predicted molar refractivity (Wildman–Crippen MR) is 87.7 cm³/mol. The van der Waals surface area contributed by atoms with Gasteiger partial charge in [0.25, 0.3) is 0 Å². The van der Waals surface area contributed by atoms with Gasteiger partial charge < -0.3 is 5.32 Å². The van der Waals surface area contributed by atoms with Crippen LogP contribution in [0.1, 0.15) is 0 Å². The van der Waals surface area contributed by atoms with E-state index in [0.29, 0.717) is 27.5 Å². The fourth-order valence-corrected chi connectivity index (χ4v) is 2.34. The summed E-state index contributed by atoms with van der Waals surface area (Å²) in [4.78, 5) is 12.6. The van der Waals surface area contributed by atoms with Crippen molar-refractivity contribution < 1.29 is 4.39 Å². The van der Waals surface area contributed by atoms with Gasteiger partial charge >= 0.3 is 0 Å². The fourth-order valence-electron chi connectivity index (χ4n) is 1.82. The number of pyridine rings is 1. The van der Waals surface area contributed by atoms with Crippen LogP contribution in [-0.4, -0.2) is 15.0 Å². The molecule has 1 aromatic carbocycles. The molecule has 22 heavy (non-hydrogen) atoms. The molecule has 1 N–H and O–H groups in total. The molecule has 0 saturated heterocycles. The van der Waals surface area contributed by atoms with Crippen LogP contribution in [0.2, 0.25) is 5.15 Å². The zero-order chi connectivity index (χ0) is 15.5. The minimum atomic E-state index is -0.400. The van der Waals surface area contributed by atoms with Crippen molar-refractivity contribution in [3.05, 3.63) is 64.1 Å². The first kappa shape index (κ1) is 14.9. The lowest BCUT2D eigenvalue weighted by Crippen LogP contribution is -2.00. The van der Waals surface area contributed by atoms with Crippen LogP contribution in [0.25, 0.3) is 11.5 Å². The number of nitrogens with one attached hydrogen (secondary N) is 1. The van der Waals surface area contributed by atoms with Crippen molar-refractivity contribution in [1.29, 1.82) is 0 Å². The Morgan fingerprint density at radius 3 is 2.68 bits per heavy atom. The first-order valence-electron chi connectivity index (χ1n) is 6.30. The van der Waals surface area contributed by atoms with Crippen molar-refractivity contribution in [3.8, 4) is 11.5 Å². The SMILES string of the molecule is Fc1cc(Br)ccc1Nc1cc(Cl)nc(-c2ccccn2)n1. The van der Waals surface area contributed by atoms with E-state index in [1.807, 2.05) is 6.07 Å². The summed E-state index contributed by atoms with van der Waals surface area (Å²) in [6.07, 6.45) is 1.64. The molecule has 3 rings (SSSR count). The molecule has 0 unspecified atom stereocenters. The van der Waals surface area contributed by atoms with Crippen molar-refractivity contribution in [2.24, 2.45) is 0 Å². The third-order valence-corrected chi connectivity index (χ3v) is 3.47. The van der Waals surface area contributed by atoms with Crippen LogP contribution < -0.4 is 5.32 Å². The van der Waals surface area contributed by atoms with Crippen LogP contribution in [0, 0.1) is 5.82 Å². The Hall–Kier alpha value is -2.05. The predicted octanol–water partition coefficient (Wildman–Crippen LogP) is 4.84. The van der Waals surface area contributed by atoms with E-state index in [2.05, 4.69) is 36.2 Å². The zero-order valence-corrected chi connectivity index (χ0v) is 13.4. The quantitative estimate of drug-likeness (QED) is 0.662. The summed E-state index contributed by atoms with van der Waals surface area (Å²) in [5.41, 5.74) is 0.884. The smallest absolute Gasteiger partial charge is 0.181 e. The number of benzene rings is 1. The van der Waals surface area contributed by atoms with Crippen LogP contribution in [0.3, 0.4) is 0 Å². The van der Waals surface area contributed by atoms with Gasteiger partial charge in [0.2, 0.25) is 0 Å². The fraction of sp³-hybridized carbons (Fsp3) is 0. The number of anilines is 2. The van der Waals surface area contributed by atoms with Crippen molar-refractivity contribution in [2.45, 2.75) is 0 Å². The van der Waals surface area contributed by atoms with Gasteiger partial charge in [0.15, 0.2) is 5.82 Å². The van der Waals surface area contributed by atoms with Crippen molar-refractivity contribution in [2.75, 3.05) is 5.32 Å². The topological polar surface area (TPSA) is 50.7 Å². The molecule has 7 heteroatoms. The summed E-state index contributed by atoms with van der Waals surface area (Å²) in [5.74, 6) is 0.360. The Kier molecular flexibility index (Phi) is 4.31. The molecule has 0 bridgehead atoms. The summed E-state index contributed by atoms with van der Waals surface area (Å²) in [7, 11) is 0. The number of halogens is 3. The van der Waals surface area contributed by atoms with Gasteiger partial charge in [-0.15, -0.1) is 0 Å². The van der Waals surface area contributed by atoms with Gasteiger partial charge in [0.05, 0.1) is 5.69 Å². The third kappa shape index (κ3) is 3.40. The third-order valence-electron chi connectivity index (χ3n) is 2.78. The molecule has 0 aliphatic heterocycles. The van der Waals surface area contributed by atoms with Crippen LogP contribution in [0.4, 0.5) is 15.9 Å².